The number of methoxy groups -OCH3 is 1. The van der Waals surface area contributed by atoms with Gasteiger partial charge in [0.2, 0.25) is 0 Å². The van der Waals surface area contributed by atoms with Crippen molar-refractivity contribution < 1.29 is 19.0 Å². The molecule has 2 fully saturated rings. The third kappa shape index (κ3) is 5.39. The molecule has 2 aromatic carbocycles. The first-order valence-electron chi connectivity index (χ1n) is 14.3. The molecule has 8 nitrogen and oxygen atoms in total. The first-order valence-corrected chi connectivity index (χ1v) is 14.3. The van der Waals surface area contributed by atoms with E-state index in [-0.39, 0.29) is 29.8 Å². The quantitative estimate of drug-likeness (QED) is 0.249. The molecule has 4 aromatic rings. The van der Waals surface area contributed by atoms with E-state index in [0.29, 0.717) is 48.3 Å². The van der Waals surface area contributed by atoms with Crippen LogP contribution in [0.2, 0.25) is 0 Å². The predicted molar refractivity (Wildman–Crippen MR) is 159 cm³/mol. The fourth-order valence-electron chi connectivity index (χ4n) is 6.11. The first kappa shape index (κ1) is 27.2. The molecule has 4 N–H and O–H groups in total. The Morgan fingerprint density at radius 3 is 2.63 bits per heavy atom. The van der Waals surface area contributed by atoms with Crippen LogP contribution in [0.3, 0.4) is 0 Å². The lowest BCUT2D eigenvalue weighted by atomic mass is 9.92. The number of benzene rings is 2. The number of pyridine rings is 1. The summed E-state index contributed by atoms with van der Waals surface area (Å²) in [4.78, 5) is 23.5. The summed E-state index contributed by atoms with van der Waals surface area (Å²) >= 11 is 0. The van der Waals surface area contributed by atoms with E-state index in [2.05, 4.69) is 20.6 Å². The minimum Gasteiger partial charge on any atom is -0.496 e. The second-order valence-corrected chi connectivity index (χ2v) is 11.1. The minimum absolute atomic E-state index is 0.00443. The highest BCUT2D eigenvalue weighted by molar-refractivity contribution is 6.02. The number of anilines is 1. The van der Waals surface area contributed by atoms with E-state index in [1.807, 2.05) is 43.6 Å². The van der Waals surface area contributed by atoms with Gasteiger partial charge in [-0.2, -0.15) is 0 Å². The van der Waals surface area contributed by atoms with Gasteiger partial charge in [-0.25, -0.2) is 9.37 Å². The van der Waals surface area contributed by atoms with Crippen LogP contribution in [0.25, 0.3) is 33.3 Å². The molecule has 6 rings (SSSR count). The molecule has 3 heterocycles. The highest BCUT2D eigenvalue weighted by Crippen LogP contribution is 2.37. The number of aromatic nitrogens is 2. The number of hydrogen-bond acceptors (Lipinski definition) is 6. The van der Waals surface area contributed by atoms with Crippen molar-refractivity contribution in [3.8, 4) is 28.0 Å². The number of carbonyl (C=O) groups is 1. The summed E-state index contributed by atoms with van der Waals surface area (Å²) in [5, 5.41) is 17.4. The standard InChI is InChI=1S/C32H36FN5O3/c1-34-22-11-12-38(18-22)32(40)26-13-19(15-28(33)30(26)37-21-7-9-23(39)10-8-21)20-14-25-27(17-36-31(25)35-16-20)24-5-3-4-6-29(24)41-2/h3-6,13-17,21-23,34,37,39H,7-12,18H2,1-2H3,(H,35,36). The van der Waals surface area contributed by atoms with Crippen molar-refractivity contribution in [2.24, 2.45) is 0 Å². The van der Waals surface area contributed by atoms with E-state index in [9.17, 15) is 9.90 Å². The molecule has 9 heteroatoms. The van der Waals surface area contributed by atoms with Crippen LogP contribution in [0.5, 0.6) is 5.75 Å². The number of para-hydroxylation sites is 1. The Labute approximate surface area is 238 Å². The number of fused-ring (bicyclic) bond motifs is 1. The Hall–Kier alpha value is -3.95. The molecular weight excluding hydrogens is 521 g/mol. The van der Waals surface area contributed by atoms with Crippen LogP contribution in [-0.4, -0.2) is 71.3 Å². The van der Waals surface area contributed by atoms with Gasteiger partial charge < -0.3 is 30.4 Å². The zero-order chi connectivity index (χ0) is 28.5. The molecule has 41 heavy (non-hydrogen) atoms. The number of amides is 1. The monoisotopic (exact) mass is 557 g/mol. The molecule has 1 saturated carbocycles. The molecule has 0 bridgehead atoms. The van der Waals surface area contributed by atoms with Crippen LogP contribution in [0.1, 0.15) is 42.5 Å². The van der Waals surface area contributed by atoms with Crippen molar-refractivity contribution in [2.45, 2.75) is 50.3 Å². The van der Waals surface area contributed by atoms with E-state index in [0.717, 1.165) is 41.5 Å². The van der Waals surface area contributed by atoms with Crippen LogP contribution < -0.4 is 15.4 Å². The van der Waals surface area contributed by atoms with Gasteiger partial charge in [0.05, 0.1) is 24.5 Å². The second kappa shape index (κ2) is 11.5. The lowest BCUT2D eigenvalue weighted by Crippen LogP contribution is -2.35. The van der Waals surface area contributed by atoms with Gasteiger partial charge in [-0.15, -0.1) is 0 Å². The molecule has 1 unspecified atom stereocenters. The molecule has 1 saturated heterocycles. The predicted octanol–water partition coefficient (Wildman–Crippen LogP) is 5.19. The maximum absolute atomic E-state index is 16.0. The number of carbonyl (C=O) groups excluding carboxylic acids is 1. The Bertz CT molecular complexity index is 1560. The van der Waals surface area contributed by atoms with Crippen LogP contribution >= 0.6 is 0 Å². The number of nitrogens with zero attached hydrogens (tertiary/aromatic N) is 2. The highest BCUT2D eigenvalue weighted by Gasteiger charge is 2.30. The van der Waals surface area contributed by atoms with E-state index >= 15 is 4.39 Å². The van der Waals surface area contributed by atoms with Crippen molar-refractivity contribution in [3.05, 3.63) is 66.2 Å². The fourth-order valence-corrected chi connectivity index (χ4v) is 6.11. The van der Waals surface area contributed by atoms with Gasteiger partial charge in [0.1, 0.15) is 17.2 Å². The number of halogens is 1. The largest absolute Gasteiger partial charge is 0.496 e. The van der Waals surface area contributed by atoms with E-state index in [1.54, 1.807) is 24.3 Å². The summed E-state index contributed by atoms with van der Waals surface area (Å²) < 4.78 is 21.6. The van der Waals surface area contributed by atoms with Gasteiger partial charge in [0, 0.05) is 59.6 Å². The average Bonchev–Trinajstić information content (AvgIpc) is 3.66. The van der Waals surface area contributed by atoms with Crippen LogP contribution in [0.4, 0.5) is 10.1 Å². The van der Waals surface area contributed by atoms with Crippen molar-refractivity contribution >= 4 is 22.6 Å². The average molecular weight is 558 g/mol. The lowest BCUT2D eigenvalue weighted by Gasteiger charge is -2.29. The number of hydrogen-bond donors (Lipinski definition) is 4. The molecule has 2 aliphatic rings. The smallest absolute Gasteiger partial charge is 0.256 e. The molecule has 214 valence electrons. The Morgan fingerprint density at radius 2 is 1.88 bits per heavy atom. The van der Waals surface area contributed by atoms with Crippen molar-refractivity contribution in [1.82, 2.24) is 20.2 Å². The molecule has 0 radical (unpaired) electrons. The summed E-state index contributed by atoms with van der Waals surface area (Å²) in [6.45, 7) is 1.19. The van der Waals surface area contributed by atoms with Gasteiger partial charge in [0.25, 0.3) is 5.91 Å². The van der Waals surface area contributed by atoms with Crippen molar-refractivity contribution in [1.29, 1.82) is 0 Å². The Morgan fingerprint density at radius 1 is 1.07 bits per heavy atom. The van der Waals surface area contributed by atoms with E-state index in [4.69, 9.17) is 4.74 Å². The minimum atomic E-state index is -0.472. The number of H-pyrrole nitrogens is 1. The summed E-state index contributed by atoms with van der Waals surface area (Å²) in [5.41, 5.74) is 4.41. The van der Waals surface area contributed by atoms with Gasteiger partial charge in [-0.05, 0) is 69.0 Å². The molecule has 2 aromatic heterocycles. The molecule has 1 aliphatic carbocycles. The summed E-state index contributed by atoms with van der Waals surface area (Å²) in [6.07, 6.45) is 6.91. The zero-order valence-electron chi connectivity index (χ0n) is 23.4. The summed E-state index contributed by atoms with van der Waals surface area (Å²) in [5.74, 6) is 0.0848. The SMILES string of the molecule is CNC1CCN(C(=O)c2cc(-c3cnc4[nH]cc(-c5ccccc5OC)c4c3)cc(F)c2NC2CCC(O)CC2)C1. The van der Waals surface area contributed by atoms with Gasteiger partial charge in [0.15, 0.2) is 0 Å². The van der Waals surface area contributed by atoms with Gasteiger partial charge in [-0.3, -0.25) is 4.79 Å². The third-order valence-corrected chi connectivity index (χ3v) is 8.51. The van der Waals surface area contributed by atoms with Gasteiger partial charge >= 0.3 is 0 Å². The first-order chi connectivity index (χ1) is 19.9. The molecule has 1 aliphatic heterocycles. The van der Waals surface area contributed by atoms with Crippen LogP contribution in [0, 0.1) is 5.82 Å². The number of ether oxygens (including phenoxy) is 1. The maximum atomic E-state index is 16.0. The third-order valence-electron chi connectivity index (χ3n) is 8.51. The molecule has 1 amide bonds. The number of aliphatic hydroxyl groups excluding tert-OH is 1. The van der Waals surface area contributed by atoms with Crippen molar-refractivity contribution in [3.63, 3.8) is 0 Å². The summed E-state index contributed by atoms with van der Waals surface area (Å²) in [7, 11) is 3.54. The van der Waals surface area contributed by atoms with Crippen LogP contribution in [-0.2, 0) is 0 Å². The normalized spacial score (nSPS) is 20.9. The zero-order valence-corrected chi connectivity index (χ0v) is 23.4. The number of likely N-dealkylation sites (N-methyl/N-ethyl adjacent to an activating group) is 1. The Kier molecular flexibility index (Phi) is 7.64. The van der Waals surface area contributed by atoms with E-state index < -0.39 is 5.82 Å². The molecule has 1 atom stereocenters. The fraction of sp³-hybridized carbons (Fsp3) is 0.375. The van der Waals surface area contributed by atoms with Gasteiger partial charge in [-0.1, -0.05) is 18.2 Å². The number of rotatable bonds is 7. The number of aliphatic hydroxyl groups is 1. The molecule has 0 spiro atoms. The van der Waals surface area contributed by atoms with Crippen molar-refractivity contribution in [2.75, 3.05) is 32.6 Å². The van der Waals surface area contributed by atoms with Crippen LogP contribution in [0.15, 0.2) is 54.9 Å². The highest BCUT2D eigenvalue weighted by atomic mass is 19.1. The van der Waals surface area contributed by atoms with E-state index in [1.165, 1.54) is 6.07 Å². The number of aromatic amines is 1. The number of likely N-dealkylation sites (tertiary alicyclic amines) is 1. The Balaban J connectivity index is 1.41. The number of nitrogens with one attached hydrogen (secondary N) is 3. The molecular formula is C32H36FN5O3. The summed E-state index contributed by atoms with van der Waals surface area (Å²) in [6, 6.07) is 13.2. The second-order valence-electron chi connectivity index (χ2n) is 11.1. The maximum Gasteiger partial charge on any atom is 0.256 e. The lowest BCUT2D eigenvalue weighted by molar-refractivity contribution is 0.0790. The topological polar surface area (TPSA) is 103 Å².